The first-order valence-electron chi connectivity index (χ1n) is 14.1. The van der Waals surface area contributed by atoms with Crippen molar-refractivity contribution in [1.29, 1.82) is 0 Å². The summed E-state index contributed by atoms with van der Waals surface area (Å²) < 4.78 is 26.2. The maximum Gasteiger partial charge on any atom is 0.411 e. The van der Waals surface area contributed by atoms with Crippen LogP contribution in [0.3, 0.4) is 0 Å². The Bertz CT molecular complexity index is 1780. The number of hydrogen-bond acceptors (Lipinski definition) is 8. The molecule has 2 aromatic heterocycles. The summed E-state index contributed by atoms with van der Waals surface area (Å²) in [6, 6.07) is 12.5. The minimum absolute atomic E-state index is 0.00679. The lowest BCUT2D eigenvalue weighted by Gasteiger charge is -2.23. The van der Waals surface area contributed by atoms with Crippen molar-refractivity contribution in [2.75, 3.05) is 24.9 Å². The number of aromatic nitrogens is 4. The first kappa shape index (κ1) is 31.4. The Morgan fingerprint density at radius 3 is 2.69 bits per heavy atom. The normalized spacial score (nSPS) is 16.4. The molecule has 45 heavy (non-hydrogen) atoms. The van der Waals surface area contributed by atoms with Crippen molar-refractivity contribution in [3.8, 4) is 22.7 Å². The van der Waals surface area contributed by atoms with E-state index in [9.17, 15) is 18.8 Å². The lowest BCUT2D eigenvalue weighted by atomic mass is 9.95. The summed E-state index contributed by atoms with van der Waals surface area (Å²) in [6.45, 7) is 3.43. The maximum atomic E-state index is 14.7. The number of rotatable bonds is 5. The number of fused-ring (bicyclic) bond motifs is 4. The molecule has 234 valence electrons. The van der Waals surface area contributed by atoms with Gasteiger partial charge in [0.1, 0.15) is 5.69 Å². The smallest absolute Gasteiger partial charge is 0.411 e. The maximum absolute atomic E-state index is 14.7. The van der Waals surface area contributed by atoms with Crippen LogP contribution >= 0.6 is 11.6 Å². The number of pyridine rings is 1. The number of amides is 3. The Kier molecular flexibility index (Phi) is 9.28. The van der Waals surface area contributed by atoms with E-state index >= 15 is 0 Å². The molecule has 1 aliphatic rings. The summed E-state index contributed by atoms with van der Waals surface area (Å²) in [5.74, 6) is -1.48. The summed E-state index contributed by atoms with van der Waals surface area (Å²) in [6.07, 6.45) is 0.896. The van der Waals surface area contributed by atoms with Gasteiger partial charge in [-0.2, -0.15) is 0 Å². The van der Waals surface area contributed by atoms with E-state index in [4.69, 9.17) is 21.1 Å². The lowest BCUT2D eigenvalue weighted by Crippen LogP contribution is -2.30. The summed E-state index contributed by atoms with van der Waals surface area (Å²) in [7, 11) is 2.74. The Hall–Kier alpha value is -5.04. The molecule has 0 fully saturated rings. The zero-order valence-corrected chi connectivity index (χ0v) is 25.7. The highest BCUT2D eigenvalue weighted by molar-refractivity contribution is 6.30. The highest BCUT2D eigenvalue weighted by Crippen LogP contribution is 2.36. The van der Waals surface area contributed by atoms with Gasteiger partial charge < -0.3 is 20.1 Å². The van der Waals surface area contributed by atoms with Gasteiger partial charge in [-0.05, 0) is 55.7 Å². The van der Waals surface area contributed by atoms with Crippen LogP contribution in [0.15, 0.2) is 48.5 Å². The predicted octanol–water partition coefficient (Wildman–Crippen LogP) is 5.85. The second kappa shape index (κ2) is 13.3. The molecule has 2 unspecified atom stereocenters. The number of carbonyl (C=O) groups is 3. The zero-order chi connectivity index (χ0) is 32.2. The number of benzene rings is 2. The largest absolute Gasteiger partial charge is 0.481 e. The van der Waals surface area contributed by atoms with Crippen LogP contribution in [0.5, 0.6) is 5.88 Å². The quantitative estimate of drug-likeness (QED) is 0.247. The van der Waals surface area contributed by atoms with Gasteiger partial charge in [0.2, 0.25) is 11.8 Å². The molecule has 0 aliphatic carbocycles. The number of nitrogens with one attached hydrogen (secondary N) is 3. The molecule has 0 saturated heterocycles. The molecule has 14 heteroatoms. The van der Waals surface area contributed by atoms with E-state index < -0.39 is 23.9 Å². The van der Waals surface area contributed by atoms with Crippen molar-refractivity contribution in [2.24, 2.45) is 5.92 Å². The third kappa shape index (κ3) is 6.73. The van der Waals surface area contributed by atoms with Gasteiger partial charge in [-0.25, -0.2) is 18.9 Å². The molecule has 2 atom stereocenters. The van der Waals surface area contributed by atoms with E-state index in [0.717, 1.165) is 0 Å². The second-order valence-corrected chi connectivity index (χ2v) is 11.0. The van der Waals surface area contributed by atoms with Crippen molar-refractivity contribution < 1.29 is 28.2 Å². The fourth-order valence-corrected chi connectivity index (χ4v) is 5.24. The van der Waals surface area contributed by atoms with Crippen LogP contribution in [0, 0.1) is 18.7 Å². The Balaban J connectivity index is 1.53. The highest BCUT2D eigenvalue weighted by atomic mass is 35.5. The molecular formula is C31H31ClFN7O5. The summed E-state index contributed by atoms with van der Waals surface area (Å²) in [4.78, 5) is 43.3. The first-order chi connectivity index (χ1) is 21.6. The van der Waals surface area contributed by atoms with Crippen LogP contribution in [0.25, 0.3) is 16.8 Å². The van der Waals surface area contributed by atoms with Crippen LogP contribution < -0.4 is 20.7 Å². The van der Waals surface area contributed by atoms with Crippen molar-refractivity contribution >= 4 is 40.9 Å². The molecule has 0 spiro atoms. The first-order valence-corrected chi connectivity index (χ1v) is 14.5. The van der Waals surface area contributed by atoms with Gasteiger partial charge in [0, 0.05) is 23.2 Å². The van der Waals surface area contributed by atoms with Gasteiger partial charge in [0.05, 0.1) is 42.4 Å². The van der Waals surface area contributed by atoms with E-state index in [1.54, 1.807) is 37.3 Å². The SMILES string of the molecule is COC(=O)Nc1ccc2c(c1)NC(=O)C(C)CCCC(NC(=O)c1nnn(-c3cccc(Cl)c3F)c1C)c1cc-2cc(OC)n1. The molecule has 2 aromatic carbocycles. The minimum Gasteiger partial charge on any atom is -0.481 e. The third-order valence-corrected chi connectivity index (χ3v) is 7.85. The summed E-state index contributed by atoms with van der Waals surface area (Å²) in [5, 5.41) is 16.6. The lowest BCUT2D eigenvalue weighted by molar-refractivity contribution is -0.119. The number of methoxy groups -OCH3 is 2. The average Bonchev–Trinajstić information content (AvgIpc) is 3.41. The van der Waals surface area contributed by atoms with E-state index in [-0.39, 0.29) is 28.2 Å². The van der Waals surface area contributed by atoms with Crippen LogP contribution in [0.4, 0.5) is 20.6 Å². The average molecular weight is 636 g/mol. The molecule has 2 bridgehead atoms. The van der Waals surface area contributed by atoms with E-state index in [1.807, 2.05) is 13.0 Å². The number of nitrogens with zero attached hydrogens (tertiary/aromatic N) is 4. The van der Waals surface area contributed by atoms with Crippen LogP contribution in [0.1, 0.15) is 54.1 Å². The van der Waals surface area contributed by atoms with Crippen molar-refractivity contribution in [1.82, 2.24) is 25.3 Å². The van der Waals surface area contributed by atoms with Gasteiger partial charge in [0.25, 0.3) is 5.91 Å². The molecule has 0 radical (unpaired) electrons. The van der Waals surface area contributed by atoms with Gasteiger partial charge in [-0.15, -0.1) is 5.10 Å². The van der Waals surface area contributed by atoms with E-state index in [2.05, 4.69) is 31.2 Å². The van der Waals surface area contributed by atoms with Gasteiger partial charge >= 0.3 is 6.09 Å². The monoisotopic (exact) mass is 635 g/mol. The Labute approximate surface area is 263 Å². The van der Waals surface area contributed by atoms with E-state index in [0.29, 0.717) is 59.0 Å². The molecule has 5 rings (SSSR count). The topological polar surface area (TPSA) is 149 Å². The minimum atomic E-state index is -0.682. The number of ether oxygens (including phenoxy) is 2. The molecule has 12 nitrogen and oxygen atoms in total. The molecule has 3 heterocycles. The predicted molar refractivity (Wildman–Crippen MR) is 165 cm³/mol. The van der Waals surface area contributed by atoms with Gasteiger partial charge in [-0.1, -0.05) is 42.3 Å². The Morgan fingerprint density at radius 1 is 1.13 bits per heavy atom. The van der Waals surface area contributed by atoms with E-state index in [1.165, 1.54) is 31.0 Å². The third-order valence-electron chi connectivity index (χ3n) is 7.56. The van der Waals surface area contributed by atoms with Crippen molar-refractivity contribution in [2.45, 2.75) is 39.2 Å². The number of carbonyl (C=O) groups excluding carboxylic acids is 3. The van der Waals surface area contributed by atoms with Crippen LogP contribution in [-0.2, 0) is 9.53 Å². The number of hydrogen-bond donors (Lipinski definition) is 3. The summed E-state index contributed by atoms with van der Waals surface area (Å²) in [5.41, 5.74) is 3.08. The number of anilines is 2. The van der Waals surface area contributed by atoms with Crippen molar-refractivity contribution in [3.05, 3.63) is 76.5 Å². The molecule has 3 amide bonds. The highest BCUT2D eigenvalue weighted by Gasteiger charge is 2.26. The molecule has 0 saturated carbocycles. The fraction of sp³-hybridized carbons (Fsp3) is 0.290. The Morgan fingerprint density at radius 2 is 1.93 bits per heavy atom. The standard InChI is InChI=1S/C31H31ClFN7O5/c1-16-7-5-9-22(36-30(42)28-17(2)40(39-38-28)25-10-6-8-21(32)27(25)33)24-13-18(14-26(35-24)44-3)20-12-11-19(34-31(43)45-4)15-23(20)37-29(16)41/h6,8,10-16,22H,5,7,9H2,1-4H3,(H,34,43)(H,36,42)(H,37,41). The summed E-state index contributed by atoms with van der Waals surface area (Å²) >= 11 is 5.95. The molecule has 1 aliphatic heterocycles. The molecular weight excluding hydrogens is 605 g/mol. The molecule has 4 aromatic rings. The van der Waals surface area contributed by atoms with Gasteiger partial charge in [0.15, 0.2) is 11.5 Å². The fourth-order valence-electron chi connectivity index (χ4n) is 5.07. The van der Waals surface area contributed by atoms with Crippen LogP contribution in [-0.4, -0.2) is 52.1 Å². The number of halogens is 2. The zero-order valence-electron chi connectivity index (χ0n) is 25.0. The van der Waals surface area contributed by atoms with Crippen LogP contribution in [0.2, 0.25) is 5.02 Å². The second-order valence-electron chi connectivity index (χ2n) is 10.6. The molecule has 3 N–H and O–H groups in total. The van der Waals surface area contributed by atoms with Crippen molar-refractivity contribution in [3.63, 3.8) is 0 Å². The van der Waals surface area contributed by atoms with Gasteiger partial charge in [-0.3, -0.25) is 14.9 Å².